The van der Waals surface area contributed by atoms with Crippen molar-refractivity contribution in [3.63, 3.8) is 0 Å². The Hall–Kier alpha value is -4.97. The number of carbonyl (C=O) groups excluding carboxylic acids is 4. The van der Waals surface area contributed by atoms with Crippen LogP contribution in [0.4, 0.5) is 22.7 Å². The second kappa shape index (κ2) is 13.4. The molecule has 2 amide bonds. The van der Waals surface area contributed by atoms with Crippen LogP contribution in [0.5, 0.6) is 0 Å². The third-order valence-corrected chi connectivity index (χ3v) is 6.36. The van der Waals surface area contributed by atoms with E-state index >= 15 is 0 Å². The Labute approximate surface area is 239 Å². The molecule has 4 rings (SSSR count). The van der Waals surface area contributed by atoms with Crippen molar-refractivity contribution in [1.29, 1.82) is 0 Å². The number of hydrogen-bond acceptors (Lipinski definition) is 10. The third-order valence-electron chi connectivity index (χ3n) is 6.05. The first-order valence-electron chi connectivity index (χ1n) is 12.5. The van der Waals surface area contributed by atoms with E-state index in [2.05, 4.69) is 15.5 Å². The highest BCUT2D eigenvalue weighted by Crippen LogP contribution is 2.29. The molecule has 0 spiro atoms. The normalized spacial score (nSPS) is 12.5. The smallest absolute Gasteiger partial charge is 0.308 e. The van der Waals surface area contributed by atoms with Crippen LogP contribution in [0.25, 0.3) is 0 Å². The van der Waals surface area contributed by atoms with Gasteiger partial charge in [0, 0.05) is 31.6 Å². The molecule has 41 heavy (non-hydrogen) atoms. The van der Waals surface area contributed by atoms with Crippen molar-refractivity contribution < 1.29 is 28.8 Å². The standard InChI is InChI=1S/C28H24ClN5O7/c29-24-16-19(32-31-18-7-10-20(11-8-18)34(39)40)9-12-25(24)30-14-13-26(36)41-17-21(35)4-3-15-33-27(37)22-5-1-2-6-23(22)28(33)38/h1-2,5-12,16,30H,3-4,13-15,17H2/b32-31+. The number of ketones is 1. The van der Waals surface area contributed by atoms with E-state index in [-0.39, 0.29) is 55.6 Å². The van der Waals surface area contributed by atoms with Gasteiger partial charge >= 0.3 is 5.97 Å². The van der Waals surface area contributed by atoms with Gasteiger partial charge in [-0.15, -0.1) is 0 Å². The minimum absolute atomic E-state index is 0.0136. The van der Waals surface area contributed by atoms with Crippen molar-refractivity contribution in [3.05, 3.63) is 93.0 Å². The molecule has 210 valence electrons. The number of nitrogens with zero attached hydrogens (tertiary/aromatic N) is 4. The van der Waals surface area contributed by atoms with Crippen molar-refractivity contribution in [1.82, 2.24) is 4.90 Å². The lowest BCUT2D eigenvalue weighted by atomic mass is 10.1. The third kappa shape index (κ3) is 7.57. The summed E-state index contributed by atoms with van der Waals surface area (Å²) in [5.74, 6) is -1.64. The van der Waals surface area contributed by atoms with Crippen LogP contribution in [0.2, 0.25) is 5.02 Å². The topological polar surface area (TPSA) is 161 Å². The number of rotatable bonds is 13. The van der Waals surface area contributed by atoms with E-state index in [4.69, 9.17) is 16.3 Å². The maximum atomic E-state index is 12.4. The van der Waals surface area contributed by atoms with Gasteiger partial charge in [-0.2, -0.15) is 10.2 Å². The predicted molar refractivity (Wildman–Crippen MR) is 149 cm³/mol. The summed E-state index contributed by atoms with van der Waals surface area (Å²) in [5.41, 5.74) is 2.12. The Balaban J connectivity index is 1.14. The molecular weight excluding hydrogens is 554 g/mol. The number of anilines is 1. The van der Waals surface area contributed by atoms with Crippen molar-refractivity contribution >= 4 is 57.9 Å². The molecule has 0 saturated heterocycles. The number of azo groups is 1. The first-order chi connectivity index (χ1) is 19.7. The molecule has 1 aliphatic heterocycles. The fourth-order valence-electron chi connectivity index (χ4n) is 3.95. The summed E-state index contributed by atoms with van der Waals surface area (Å²) in [4.78, 5) is 60.2. The molecule has 13 heteroatoms. The molecule has 3 aromatic carbocycles. The van der Waals surface area contributed by atoms with Gasteiger partial charge in [-0.1, -0.05) is 23.7 Å². The highest BCUT2D eigenvalue weighted by molar-refractivity contribution is 6.33. The molecule has 0 aromatic heterocycles. The van der Waals surface area contributed by atoms with Crippen molar-refractivity contribution in [2.75, 3.05) is 25.0 Å². The largest absolute Gasteiger partial charge is 0.458 e. The fraction of sp³-hybridized carbons (Fsp3) is 0.214. The van der Waals surface area contributed by atoms with E-state index in [9.17, 15) is 29.3 Å². The molecule has 0 aliphatic carbocycles. The summed E-state index contributed by atoms with van der Waals surface area (Å²) in [6.07, 6.45) is 0.314. The van der Waals surface area contributed by atoms with Crippen LogP contribution < -0.4 is 5.32 Å². The van der Waals surface area contributed by atoms with Gasteiger partial charge in [-0.25, -0.2) is 0 Å². The van der Waals surface area contributed by atoms with Gasteiger partial charge in [0.15, 0.2) is 5.78 Å². The summed E-state index contributed by atoms with van der Waals surface area (Å²) in [7, 11) is 0. The molecule has 12 nitrogen and oxygen atoms in total. The molecule has 0 unspecified atom stereocenters. The van der Waals surface area contributed by atoms with E-state index in [0.717, 1.165) is 4.90 Å². The zero-order valence-corrected chi connectivity index (χ0v) is 22.4. The highest BCUT2D eigenvalue weighted by Gasteiger charge is 2.34. The molecule has 0 saturated carbocycles. The number of nitrogens with one attached hydrogen (secondary N) is 1. The monoisotopic (exact) mass is 577 g/mol. The average Bonchev–Trinajstić information content (AvgIpc) is 3.21. The molecule has 0 atom stereocenters. The maximum Gasteiger partial charge on any atom is 0.308 e. The first-order valence-corrected chi connectivity index (χ1v) is 12.9. The van der Waals surface area contributed by atoms with Crippen LogP contribution in [0, 0.1) is 10.1 Å². The lowest BCUT2D eigenvalue weighted by molar-refractivity contribution is -0.384. The average molecular weight is 578 g/mol. The number of ether oxygens (including phenoxy) is 1. The number of non-ortho nitro benzene ring substituents is 1. The number of Topliss-reactive ketones (excluding diaryl/α,β-unsaturated/α-hetero) is 1. The zero-order chi connectivity index (χ0) is 29.4. The van der Waals surface area contributed by atoms with Gasteiger partial charge in [0.1, 0.15) is 6.61 Å². The molecule has 1 heterocycles. The summed E-state index contributed by atoms with van der Waals surface area (Å²) in [6.45, 7) is -0.0831. The molecule has 0 bridgehead atoms. The summed E-state index contributed by atoms with van der Waals surface area (Å²) in [5, 5.41) is 22.2. The van der Waals surface area contributed by atoms with Crippen molar-refractivity contribution in [2.45, 2.75) is 19.3 Å². The number of hydrogen-bond donors (Lipinski definition) is 1. The lowest BCUT2D eigenvalue weighted by Crippen LogP contribution is -2.31. The number of amides is 2. The minimum Gasteiger partial charge on any atom is -0.458 e. The van der Waals surface area contributed by atoms with Gasteiger partial charge in [0.05, 0.1) is 44.6 Å². The number of halogens is 1. The molecule has 3 aromatic rings. The summed E-state index contributed by atoms with van der Waals surface area (Å²) < 4.78 is 5.03. The van der Waals surface area contributed by atoms with Gasteiger partial charge in [-0.05, 0) is 48.9 Å². The minimum atomic E-state index is -0.573. The van der Waals surface area contributed by atoms with Gasteiger partial charge in [0.25, 0.3) is 17.5 Å². The van der Waals surface area contributed by atoms with E-state index < -0.39 is 17.5 Å². The van der Waals surface area contributed by atoms with E-state index in [1.807, 2.05) is 0 Å². The molecule has 0 radical (unpaired) electrons. The fourth-order valence-corrected chi connectivity index (χ4v) is 4.19. The predicted octanol–water partition coefficient (Wildman–Crippen LogP) is 5.65. The lowest BCUT2D eigenvalue weighted by Gasteiger charge is -2.13. The highest BCUT2D eigenvalue weighted by atomic mass is 35.5. The second-order valence-electron chi connectivity index (χ2n) is 8.92. The maximum absolute atomic E-state index is 12.4. The Kier molecular flexibility index (Phi) is 9.48. The molecular formula is C28H24ClN5O7. The number of nitro groups is 1. The Bertz CT molecular complexity index is 1490. The zero-order valence-electron chi connectivity index (χ0n) is 21.6. The van der Waals surface area contributed by atoms with Crippen molar-refractivity contribution in [3.8, 4) is 0 Å². The Morgan fingerprint density at radius 1 is 0.927 bits per heavy atom. The number of imide groups is 1. The quantitative estimate of drug-likeness (QED) is 0.0895. The number of fused-ring (bicyclic) bond motifs is 1. The molecule has 0 fully saturated rings. The Morgan fingerprint density at radius 3 is 2.20 bits per heavy atom. The molecule has 1 aliphatic rings. The van der Waals surface area contributed by atoms with Crippen LogP contribution >= 0.6 is 11.6 Å². The number of esters is 1. The SMILES string of the molecule is O=C(CCCN1C(=O)c2ccccc2C1=O)COC(=O)CCNc1ccc(/N=N/c2ccc([N+](=O)[O-])cc2)cc1Cl. The van der Waals surface area contributed by atoms with Crippen LogP contribution in [-0.4, -0.2) is 53.1 Å². The molecule has 1 N–H and O–H groups in total. The Morgan fingerprint density at radius 2 is 1.56 bits per heavy atom. The van der Waals surface area contributed by atoms with Gasteiger partial charge < -0.3 is 10.1 Å². The van der Waals surface area contributed by atoms with E-state index in [0.29, 0.717) is 33.2 Å². The van der Waals surface area contributed by atoms with Crippen LogP contribution in [0.3, 0.4) is 0 Å². The van der Waals surface area contributed by atoms with Crippen molar-refractivity contribution in [2.24, 2.45) is 10.2 Å². The first kappa shape index (κ1) is 29.0. The van der Waals surface area contributed by atoms with E-state index in [1.54, 1.807) is 42.5 Å². The number of carbonyl (C=O) groups is 4. The number of nitro benzene ring substituents is 1. The second-order valence-corrected chi connectivity index (χ2v) is 9.33. The van der Waals surface area contributed by atoms with Gasteiger partial charge in [-0.3, -0.25) is 34.2 Å². The number of benzene rings is 3. The van der Waals surface area contributed by atoms with E-state index in [1.165, 1.54) is 24.3 Å². The van der Waals surface area contributed by atoms with Crippen LogP contribution in [0.1, 0.15) is 40.0 Å². The summed E-state index contributed by atoms with van der Waals surface area (Å²) >= 11 is 6.28. The summed E-state index contributed by atoms with van der Waals surface area (Å²) in [6, 6.07) is 17.1. The van der Waals surface area contributed by atoms with Crippen LogP contribution in [0.15, 0.2) is 77.0 Å². The van der Waals surface area contributed by atoms with Crippen LogP contribution in [-0.2, 0) is 14.3 Å². The van der Waals surface area contributed by atoms with Gasteiger partial charge in [0.2, 0.25) is 0 Å².